The zero-order chi connectivity index (χ0) is 24.0. The Bertz CT molecular complexity index is 1190. The molecule has 2 aliphatic carbocycles. The van der Waals surface area contributed by atoms with Gasteiger partial charge in [-0.25, -0.2) is 9.10 Å². The van der Waals surface area contributed by atoms with Crippen molar-refractivity contribution in [3.63, 3.8) is 0 Å². The molecule has 1 fully saturated rings. The van der Waals surface area contributed by atoms with Gasteiger partial charge >= 0.3 is 16.2 Å². The maximum absolute atomic E-state index is 13.5. The lowest BCUT2D eigenvalue weighted by Crippen LogP contribution is -2.51. The summed E-state index contributed by atoms with van der Waals surface area (Å²) in [7, 11) is -4.80. The molecule has 0 unspecified atom stereocenters. The first-order chi connectivity index (χ1) is 16.3. The second-order valence-corrected chi connectivity index (χ2v) is 10.9. The normalized spacial score (nSPS) is 18.0. The minimum Gasteiger partial charge on any atom is -0.740 e. The number of hydrogen-bond acceptors (Lipinski definition) is 7. The summed E-state index contributed by atoms with van der Waals surface area (Å²) in [5, 5.41) is 19.7. The van der Waals surface area contributed by atoms with Gasteiger partial charge in [0.15, 0.2) is 0 Å². The highest BCUT2D eigenvalue weighted by molar-refractivity contribution is 7.91. The number of nitrogens with one attached hydrogen (secondary N) is 1. The highest BCUT2D eigenvalue weighted by Crippen LogP contribution is 2.39. The number of urea groups is 1. The predicted molar refractivity (Wildman–Crippen MR) is 126 cm³/mol. The van der Waals surface area contributed by atoms with Crippen LogP contribution in [-0.4, -0.2) is 43.3 Å². The molecule has 0 bridgehead atoms. The quantitative estimate of drug-likeness (QED) is 0.636. The van der Waals surface area contributed by atoms with Crippen LogP contribution in [0, 0.1) is 19.1 Å². The van der Waals surface area contributed by atoms with Crippen molar-refractivity contribution in [3.05, 3.63) is 44.8 Å². The monoisotopic (exact) mass is 489 g/mol. The van der Waals surface area contributed by atoms with E-state index in [1.54, 1.807) is 13.8 Å². The van der Waals surface area contributed by atoms with E-state index >= 15 is 0 Å². The van der Waals surface area contributed by atoms with Gasteiger partial charge in [0.25, 0.3) is 0 Å². The number of rotatable bonds is 5. The Balaban J connectivity index is 1.47. The van der Waals surface area contributed by atoms with Crippen LogP contribution < -0.4 is 9.62 Å². The first kappa shape index (κ1) is 23.1. The van der Waals surface area contributed by atoms with Crippen molar-refractivity contribution in [2.75, 3.05) is 22.8 Å². The first-order valence-electron chi connectivity index (χ1n) is 11.8. The van der Waals surface area contributed by atoms with E-state index in [1.807, 2.05) is 0 Å². The van der Waals surface area contributed by atoms with Gasteiger partial charge < -0.3 is 19.8 Å². The van der Waals surface area contributed by atoms with Gasteiger partial charge in [0, 0.05) is 24.5 Å². The third kappa shape index (κ3) is 3.85. The van der Waals surface area contributed by atoms with Crippen LogP contribution in [0.25, 0.3) is 0 Å². The number of anilines is 2. The Morgan fingerprint density at radius 1 is 1.09 bits per heavy atom. The largest absolute Gasteiger partial charge is 0.740 e. The first-order valence-corrected chi connectivity index (χ1v) is 13.2. The lowest BCUT2D eigenvalue weighted by molar-refractivity contribution is 0.0866. The summed E-state index contributed by atoms with van der Waals surface area (Å²) in [6.07, 6.45) is 6.13. The molecule has 0 radical (unpaired) electrons. The van der Waals surface area contributed by atoms with Crippen LogP contribution in [0.1, 0.15) is 59.2 Å². The number of fused-ring (bicyclic) bond motifs is 2. The highest BCUT2D eigenvalue weighted by Gasteiger charge is 2.39. The third-order valence-electron chi connectivity index (χ3n) is 7.18. The Hall–Kier alpha value is -2.63. The van der Waals surface area contributed by atoms with Gasteiger partial charge in [-0.2, -0.15) is 8.42 Å². The van der Waals surface area contributed by atoms with Crippen molar-refractivity contribution in [3.8, 4) is 0 Å². The van der Waals surface area contributed by atoms with Crippen LogP contribution in [0.3, 0.4) is 0 Å². The molecule has 2 aromatic rings. The topological polar surface area (TPSA) is 128 Å². The fourth-order valence-corrected chi connectivity index (χ4v) is 6.67. The number of ether oxygens (including phenoxy) is 1. The molecule has 1 saturated heterocycles. The van der Waals surface area contributed by atoms with Crippen LogP contribution in [0.15, 0.2) is 10.6 Å². The number of carbonyl (C=O) groups excluding carboxylic acids is 1. The minimum atomic E-state index is -4.80. The zero-order valence-electron chi connectivity index (χ0n) is 19.4. The Labute approximate surface area is 199 Å². The lowest BCUT2D eigenvalue weighted by atomic mass is 9.99. The summed E-state index contributed by atoms with van der Waals surface area (Å²) >= 11 is 0. The standard InChI is InChI=1S/C23H29N4O6S/c1-14-15(2)25-33-22(14)26(18-9-11-32-12-10-18)34(30,31)27(29)23(28)24-21-19-7-3-5-16(19)13-17-6-4-8-20(17)21/h13,18H,3-12H2,1-2H3,(H,24,28)/q-1. The second-order valence-electron chi connectivity index (χ2n) is 9.24. The molecule has 0 atom stereocenters. The summed E-state index contributed by atoms with van der Waals surface area (Å²) in [5.41, 5.74) is 6.02. The smallest absolute Gasteiger partial charge is 0.326 e. The maximum Gasteiger partial charge on any atom is 0.326 e. The molecule has 10 nitrogen and oxygen atoms in total. The van der Waals surface area contributed by atoms with E-state index in [9.17, 15) is 18.4 Å². The van der Waals surface area contributed by atoms with E-state index in [2.05, 4.69) is 16.5 Å². The molecule has 2 amide bonds. The molecule has 11 heteroatoms. The molecule has 5 rings (SSSR count). The molecule has 184 valence electrons. The van der Waals surface area contributed by atoms with Crippen LogP contribution >= 0.6 is 0 Å². The molecule has 1 aromatic carbocycles. The van der Waals surface area contributed by atoms with Crippen LogP contribution in [0.5, 0.6) is 0 Å². The molecular formula is C23H29N4O6S-. The number of amides is 2. The number of aromatic nitrogens is 1. The van der Waals surface area contributed by atoms with E-state index in [-0.39, 0.29) is 5.88 Å². The molecule has 34 heavy (non-hydrogen) atoms. The van der Waals surface area contributed by atoms with E-state index in [1.165, 1.54) is 11.1 Å². The fraction of sp³-hybridized carbons (Fsp3) is 0.565. The average Bonchev–Trinajstić information content (AvgIpc) is 3.56. The van der Waals surface area contributed by atoms with Gasteiger partial charge in [-0.15, -0.1) is 0 Å². The van der Waals surface area contributed by atoms with Crippen molar-refractivity contribution in [1.29, 1.82) is 0 Å². The van der Waals surface area contributed by atoms with E-state index in [0.29, 0.717) is 43.0 Å². The van der Waals surface area contributed by atoms with E-state index in [4.69, 9.17) is 9.26 Å². The van der Waals surface area contributed by atoms with Crippen molar-refractivity contribution in [2.45, 2.75) is 71.3 Å². The number of carbonyl (C=O) groups is 1. The van der Waals surface area contributed by atoms with E-state index < -0.39 is 26.8 Å². The third-order valence-corrected chi connectivity index (χ3v) is 8.73. The predicted octanol–water partition coefficient (Wildman–Crippen LogP) is 3.53. The zero-order valence-corrected chi connectivity index (χ0v) is 20.2. The molecule has 2 heterocycles. The number of nitrogens with zero attached hydrogens (tertiary/aromatic N) is 3. The number of aryl methyl sites for hydroxylation is 3. The molecular weight excluding hydrogens is 460 g/mol. The number of benzene rings is 1. The van der Waals surface area contributed by atoms with E-state index in [0.717, 1.165) is 54.0 Å². The van der Waals surface area contributed by atoms with Gasteiger partial charge in [-0.05, 0) is 87.5 Å². The summed E-state index contributed by atoms with van der Waals surface area (Å²) in [5.74, 6) is -0.0421. The highest BCUT2D eigenvalue weighted by atomic mass is 32.2. The average molecular weight is 490 g/mol. The van der Waals surface area contributed by atoms with Gasteiger partial charge in [0.2, 0.25) is 5.88 Å². The van der Waals surface area contributed by atoms with Crippen LogP contribution in [0.4, 0.5) is 16.4 Å². The van der Waals surface area contributed by atoms with Crippen LogP contribution in [0.2, 0.25) is 0 Å². The summed E-state index contributed by atoms with van der Waals surface area (Å²) in [4.78, 5) is 13.1. The number of hydroxylamine groups is 1. The van der Waals surface area contributed by atoms with Crippen LogP contribution in [-0.2, 0) is 40.6 Å². The number of hydrogen-bond donors (Lipinski definition) is 1. The summed E-state index contributed by atoms with van der Waals surface area (Å²) < 4.78 is 38.2. The molecule has 3 aliphatic rings. The SMILES string of the molecule is Cc1noc(N(C2CCOCC2)S(=O)(=O)N([O-])C(=O)Nc2c3c(cc4c2CCC4)CCC3)c1C. The maximum atomic E-state index is 13.5. The second kappa shape index (κ2) is 8.86. The van der Waals surface area contributed by atoms with Crippen molar-refractivity contribution in [1.82, 2.24) is 9.63 Å². The molecule has 1 aliphatic heterocycles. The van der Waals surface area contributed by atoms with Gasteiger partial charge in [-0.1, -0.05) is 11.2 Å². The molecule has 1 aromatic heterocycles. The fourth-order valence-electron chi connectivity index (χ4n) is 5.29. The van der Waals surface area contributed by atoms with Crippen molar-refractivity contribution < 1.29 is 22.5 Å². The summed E-state index contributed by atoms with van der Waals surface area (Å²) in [6, 6.07) is 0.396. The Morgan fingerprint density at radius 2 is 1.71 bits per heavy atom. The van der Waals surface area contributed by atoms with Crippen molar-refractivity contribution in [2.24, 2.45) is 0 Å². The molecule has 1 N–H and O–H groups in total. The van der Waals surface area contributed by atoms with Crippen molar-refractivity contribution >= 4 is 27.8 Å². The Morgan fingerprint density at radius 3 is 2.26 bits per heavy atom. The Kier molecular flexibility index (Phi) is 6.03. The minimum absolute atomic E-state index is 0.0421. The lowest BCUT2D eigenvalue weighted by Gasteiger charge is -2.38. The van der Waals surface area contributed by atoms with Gasteiger partial charge in [0.05, 0.1) is 11.7 Å². The van der Waals surface area contributed by atoms with Gasteiger partial charge in [-0.3, -0.25) is 4.47 Å². The molecule has 0 spiro atoms. The summed E-state index contributed by atoms with van der Waals surface area (Å²) in [6.45, 7) is 4.05. The van der Waals surface area contributed by atoms with Gasteiger partial charge in [0.1, 0.15) is 0 Å². The molecule has 0 saturated carbocycles.